The third-order valence-corrected chi connectivity index (χ3v) is 4.33. The highest BCUT2D eigenvalue weighted by molar-refractivity contribution is 5.32. The zero-order valence-corrected chi connectivity index (χ0v) is 14.2. The molecule has 0 unspecified atom stereocenters. The monoisotopic (exact) mass is 308 g/mol. The van der Waals surface area contributed by atoms with Gasteiger partial charge in [0.25, 0.3) is 0 Å². The molecule has 0 radical (unpaired) electrons. The van der Waals surface area contributed by atoms with Crippen LogP contribution in [0.4, 0.5) is 0 Å². The van der Waals surface area contributed by atoms with Gasteiger partial charge in [-0.3, -0.25) is 0 Å². The van der Waals surface area contributed by atoms with Crippen LogP contribution in [-0.4, -0.2) is 53.0 Å². The van der Waals surface area contributed by atoms with Gasteiger partial charge < -0.3 is 19.3 Å². The first-order chi connectivity index (χ1) is 10.8. The Bertz CT molecular complexity index is 417. The first-order valence-electron chi connectivity index (χ1n) is 8.78. The second-order valence-electron chi connectivity index (χ2n) is 6.34. The summed E-state index contributed by atoms with van der Waals surface area (Å²) < 4.78 is 11.6. The van der Waals surface area contributed by atoms with Crippen molar-refractivity contribution < 1.29 is 19.3 Å². The average molecular weight is 308 g/mol. The Balaban J connectivity index is 1.63. The van der Waals surface area contributed by atoms with E-state index in [1.54, 1.807) is 9.80 Å². The maximum Gasteiger partial charge on any atom is 0.127 e. The minimum absolute atomic E-state index is 0.786. The third-order valence-electron chi connectivity index (χ3n) is 4.33. The molecule has 0 saturated carbocycles. The molecule has 2 rings (SSSR count). The van der Waals surface area contributed by atoms with Crippen LogP contribution < -0.4 is 19.3 Å². The van der Waals surface area contributed by atoms with Crippen molar-refractivity contribution in [3.63, 3.8) is 0 Å². The maximum absolute atomic E-state index is 5.87. The van der Waals surface area contributed by atoms with Gasteiger partial charge in [0.05, 0.1) is 26.8 Å². The van der Waals surface area contributed by atoms with E-state index < -0.39 is 0 Å². The summed E-state index contributed by atoms with van der Waals surface area (Å²) in [5.74, 6) is 1.84. The largest absolute Gasteiger partial charge is 0.493 e. The lowest BCUT2D eigenvalue weighted by Crippen LogP contribution is -3.27. The van der Waals surface area contributed by atoms with Crippen LogP contribution in [0.15, 0.2) is 24.3 Å². The molecule has 124 valence electrons. The molecule has 0 amide bonds. The molecule has 0 aliphatic carbocycles. The van der Waals surface area contributed by atoms with E-state index in [1.165, 1.54) is 32.7 Å². The molecule has 1 aliphatic rings. The fraction of sp³-hybridized carbons (Fsp3) is 0.667. The fourth-order valence-corrected chi connectivity index (χ4v) is 2.78. The van der Waals surface area contributed by atoms with Gasteiger partial charge in [0, 0.05) is 12.5 Å². The highest BCUT2D eigenvalue weighted by Gasteiger charge is 2.18. The molecule has 1 aromatic rings. The molecular weight excluding hydrogens is 276 g/mol. The second kappa shape index (κ2) is 9.70. The lowest BCUT2D eigenvalue weighted by atomic mass is 10.3. The van der Waals surface area contributed by atoms with E-state index in [4.69, 9.17) is 9.47 Å². The fourth-order valence-electron chi connectivity index (χ4n) is 2.78. The molecule has 4 nitrogen and oxygen atoms in total. The van der Waals surface area contributed by atoms with Crippen LogP contribution in [0.1, 0.15) is 26.2 Å². The molecule has 0 spiro atoms. The summed E-state index contributed by atoms with van der Waals surface area (Å²) in [5, 5.41) is 0. The number of piperazine rings is 1. The standard InChI is InChI=1S/C18H30N2O2/c1-3-4-14-21-17-7-5-8-18(16-17)22-15-6-9-20-12-10-19(2)11-13-20/h5,7-8,16H,3-4,6,9-15H2,1-2H3/p+2. The highest BCUT2D eigenvalue weighted by Crippen LogP contribution is 2.19. The molecule has 1 saturated heterocycles. The van der Waals surface area contributed by atoms with Crippen molar-refractivity contribution in [2.75, 3.05) is 53.0 Å². The van der Waals surface area contributed by atoms with E-state index in [0.29, 0.717) is 0 Å². The van der Waals surface area contributed by atoms with Crippen molar-refractivity contribution in [1.82, 2.24) is 0 Å². The van der Waals surface area contributed by atoms with Crippen molar-refractivity contribution in [2.24, 2.45) is 0 Å². The van der Waals surface area contributed by atoms with Crippen molar-refractivity contribution in [1.29, 1.82) is 0 Å². The predicted octanol–water partition coefficient (Wildman–Crippen LogP) is 0.0476. The Morgan fingerprint density at radius 2 is 1.59 bits per heavy atom. The first-order valence-corrected chi connectivity index (χ1v) is 8.78. The highest BCUT2D eigenvalue weighted by atomic mass is 16.5. The van der Waals surface area contributed by atoms with Crippen LogP contribution in [0.5, 0.6) is 11.5 Å². The number of ether oxygens (including phenoxy) is 2. The lowest BCUT2D eigenvalue weighted by Gasteiger charge is -2.27. The molecule has 0 bridgehead atoms. The Kier molecular flexibility index (Phi) is 7.54. The van der Waals surface area contributed by atoms with Crippen LogP contribution in [0, 0.1) is 0 Å². The topological polar surface area (TPSA) is 27.3 Å². The Morgan fingerprint density at radius 3 is 2.23 bits per heavy atom. The van der Waals surface area contributed by atoms with E-state index >= 15 is 0 Å². The first kappa shape index (κ1) is 17.1. The molecular formula is C18H32N2O2+2. The minimum atomic E-state index is 0.786. The molecule has 4 heteroatoms. The minimum Gasteiger partial charge on any atom is -0.493 e. The van der Waals surface area contributed by atoms with E-state index in [-0.39, 0.29) is 0 Å². The van der Waals surface area contributed by atoms with E-state index in [1.807, 2.05) is 24.3 Å². The molecule has 22 heavy (non-hydrogen) atoms. The Morgan fingerprint density at radius 1 is 0.955 bits per heavy atom. The molecule has 2 N–H and O–H groups in total. The van der Waals surface area contributed by atoms with Crippen LogP contribution in [0.25, 0.3) is 0 Å². The van der Waals surface area contributed by atoms with Gasteiger partial charge in [-0.05, 0) is 18.6 Å². The summed E-state index contributed by atoms with van der Waals surface area (Å²) in [6.07, 6.45) is 3.38. The van der Waals surface area contributed by atoms with Gasteiger partial charge in [-0.15, -0.1) is 0 Å². The van der Waals surface area contributed by atoms with E-state index in [2.05, 4.69) is 14.0 Å². The molecule has 1 heterocycles. The van der Waals surface area contributed by atoms with Gasteiger partial charge >= 0.3 is 0 Å². The van der Waals surface area contributed by atoms with Gasteiger partial charge in [0.1, 0.15) is 37.7 Å². The Labute approximate surface area is 135 Å². The molecule has 1 aromatic carbocycles. The zero-order chi connectivity index (χ0) is 15.6. The number of likely N-dealkylation sites (N-methyl/N-ethyl adjacent to an activating group) is 1. The SMILES string of the molecule is CCCCOc1cccc(OCCC[NH+]2CC[NH+](C)CC2)c1. The summed E-state index contributed by atoms with van der Waals surface area (Å²) in [7, 11) is 2.29. The second-order valence-corrected chi connectivity index (χ2v) is 6.34. The maximum atomic E-state index is 5.87. The van der Waals surface area contributed by atoms with Crippen LogP contribution in [-0.2, 0) is 0 Å². The smallest absolute Gasteiger partial charge is 0.127 e. The number of unbranched alkanes of at least 4 members (excludes halogenated alkanes) is 1. The normalized spacial score (nSPS) is 21.5. The Hall–Kier alpha value is -1.26. The van der Waals surface area contributed by atoms with Crippen molar-refractivity contribution in [3.05, 3.63) is 24.3 Å². The summed E-state index contributed by atoms with van der Waals surface area (Å²) in [5.41, 5.74) is 0. The third kappa shape index (κ3) is 6.24. The summed E-state index contributed by atoms with van der Waals surface area (Å²) in [4.78, 5) is 3.39. The van der Waals surface area contributed by atoms with Crippen LogP contribution >= 0.6 is 0 Å². The zero-order valence-electron chi connectivity index (χ0n) is 14.2. The van der Waals surface area contributed by atoms with E-state index in [9.17, 15) is 0 Å². The van der Waals surface area contributed by atoms with Crippen LogP contribution in [0.2, 0.25) is 0 Å². The molecule has 0 aromatic heterocycles. The number of quaternary nitrogens is 2. The predicted molar refractivity (Wildman–Crippen MR) is 89.1 cm³/mol. The molecule has 0 atom stereocenters. The molecule has 1 aliphatic heterocycles. The molecule has 1 fully saturated rings. The van der Waals surface area contributed by atoms with Gasteiger partial charge in [0.2, 0.25) is 0 Å². The summed E-state index contributed by atoms with van der Waals surface area (Å²) >= 11 is 0. The summed E-state index contributed by atoms with van der Waals surface area (Å²) in [6.45, 7) is 10.2. The van der Waals surface area contributed by atoms with Crippen LogP contribution in [0.3, 0.4) is 0 Å². The van der Waals surface area contributed by atoms with Crippen molar-refractivity contribution in [2.45, 2.75) is 26.2 Å². The van der Waals surface area contributed by atoms with Gasteiger partial charge in [-0.2, -0.15) is 0 Å². The van der Waals surface area contributed by atoms with Gasteiger partial charge in [-0.1, -0.05) is 19.4 Å². The lowest BCUT2D eigenvalue weighted by molar-refractivity contribution is -1.00. The quantitative estimate of drug-likeness (QED) is 0.631. The number of benzene rings is 1. The summed E-state index contributed by atoms with van der Waals surface area (Å²) in [6, 6.07) is 8.02. The number of nitrogens with one attached hydrogen (secondary N) is 2. The number of hydrogen-bond acceptors (Lipinski definition) is 2. The van der Waals surface area contributed by atoms with Crippen molar-refractivity contribution >= 4 is 0 Å². The van der Waals surface area contributed by atoms with Crippen molar-refractivity contribution in [3.8, 4) is 11.5 Å². The number of rotatable bonds is 9. The van der Waals surface area contributed by atoms with Gasteiger partial charge in [-0.25, -0.2) is 0 Å². The van der Waals surface area contributed by atoms with Gasteiger partial charge in [0.15, 0.2) is 0 Å². The average Bonchev–Trinajstić information content (AvgIpc) is 2.54. The number of hydrogen-bond donors (Lipinski definition) is 2. The van der Waals surface area contributed by atoms with E-state index in [0.717, 1.165) is 44.0 Å².